The van der Waals surface area contributed by atoms with Gasteiger partial charge in [-0.05, 0) is 44.1 Å². The van der Waals surface area contributed by atoms with E-state index in [2.05, 4.69) is 17.4 Å². The van der Waals surface area contributed by atoms with Crippen LogP contribution in [0.4, 0.5) is 0 Å². The van der Waals surface area contributed by atoms with Gasteiger partial charge < -0.3 is 10.4 Å². The van der Waals surface area contributed by atoms with Gasteiger partial charge in [0.2, 0.25) is 5.91 Å². The molecule has 4 nitrogen and oxygen atoms in total. The number of rotatable bonds is 5. The van der Waals surface area contributed by atoms with Crippen LogP contribution in [-0.4, -0.2) is 23.5 Å². The van der Waals surface area contributed by atoms with E-state index in [1.807, 2.05) is 18.2 Å². The van der Waals surface area contributed by atoms with Crippen LogP contribution < -0.4 is 5.32 Å². The summed E-state index contributed by atoms with van der Waals surface area (Å²) in [6.45, 7) is 0.703. The molecule has 1 amide bonds. The number of amides is 1. The fraction of sp³-hybridized carbons (Fsp3) is 0.556. The highest BCUT2D eigenvalue weighted by Crippen LogP contribution is 2.47. The Labute approximate surface area is 130 Å². The molecule has 2 aliphatic rings. The summed E-state index contributed by atoms with van der Waals surface area (Å²) in [5.41, 5.74) is 1.44. The largest absolute Gasteiger partial charge is 0.481 e. The molecule has 0 saturated heterocycles. The van der Waals surface area contributed by atoms with Gasteiger partial charge in [-0.2, -0.15) is 0 Å². The topological polar surface area (TPSA) is 66.4 Å². The van der Waals surface area contributed by atoms with Crippen molar-refractivity contribution in [3.63, 3.8) is 0 Å². The van der Waals surface area contributed by atoms with Crippen LogP contribution in [0.25, 0.3) is 0 Å². The molecular weight excluding hydrogens is 278 g/mol. The monoisotopic (exact) mass is 301 g/mol. The first kappa shape index (κ1) is 15.1. The van der Waals surface area contributed by atoms with Crippen molar-refractivity contribution in [2.24, 2.45) is 11.8 Å². The standard InChI is InChI=1S/C18H23NO3/c20-16(13-6-8-14(9-7-13)17(21)22)19-12-18(10-11-18)15-4-2-1-3-5-15/h1-5,13-14H,6-12H2,(H,19,20)(H,21,22). The van der Waals surface area contributed by atoms with E-state index in [0.29, 0.717) is 32.2 Å². The SMILES string of the molecule is O=C(O)C1CCC(C(=O)NCC2(c3ccccc3)CC2)CC1. The summed E-state index contributed by atoms with van der Waals surface area (Å²) in [5.74, 6) is -0.892. The van der Waals surface area contributed by atoms with Gasteiger partial charge >= 0.3 is 5.97 Å². The number of carboxylic acid groups (broad SMARTS) is 1. The molecule has 0 unspecified atom stereocenters. The maximum absolute atomic E-state index is 12.3. The van der Waals surface area contributed by atoms with Crippen LogP contribution in [0.15, 0.2) is 30.3 Å². The molecule has 118 valence electrons. The molecule has 0 aliphatic heterocycles. The predicted molar refractivity (Wildman–Crippen MR) is 83.4 cm³/mol. The zero-order valence-corrected chi connectivity index (χ0v) is 12.8. The lowest BCUT2D eigenvalue weighted by Gasteiger charge is -2.26. The molecule has 22 heavy (non-hydrogen) atoms. The van der Waals surface area contributed by atoms with Crippen molar-refractivity contribution in [3.8, 4) is 0 Å². The number of aliphatic carboxylic acids is 1. The Morgan fingerprint density at radius 2 is 1.64 bits per heavy atom. The van der Waals surface area contributed by atoms with Gasteiger partial charge in [0.05, 0.1) is 5.92 Å². The molecule has 0 bridgehead atoms. The van der Waals surface area contributed by atoms with E-state index < -0.39 is 5.97 Å². The molecule has 3 rings (SSSR count). The van der Waals surface area contributed by atoms with Crippen LogP contribution in [0.1, 0.15) is 44.1 Å². The first-order valence-corrected chi connectivity index (χ1v) is 8.17. The van der Waals surface area contributed by atoms with Gasteiger partial charge in [0.25, 0.3) is 0 Å². The highest BCUT2D eigenvalue weighted by atomic mass is 16.4. The zero-order chi connectivity index (χ0) is 15.6. The van der Waals surface area contributed by atoms with Gasteiger partial charge in [-0.3, -0.25) is 9.59 Å². The molecule has 0 heterocycles. The number of nitrogens with one attached hydrogen (secondary N) is 1. The zero-order valence-electron chi connectivity index (χ0n) is 12.8. The minimum absolute atomic E-state index is 0.0119. The average Bonchev–Trinajstić information content (AvgIpc) is 3.35. The molecule has 2 fully saturated rings. The number of benzene rings is 1. The van der Waals surface area contributed by atoms with E-state index in [4.69, 9.17) is 5.11 Å². The van der Waals surface area contributed by atoms with E-state index in [9.17, 15) is 9.59 Å². The molecular formula is C18H23NO3. The molecule has 0 atom stereocenters. The van der Waals surface area contributed by atoms with Crippen molar-refractivity contribution in [3.05, 3.63) is 35.9 Å². The summed E-state index contributed by atoms with van der Waals surface area (Å²) in [4.78, 5) is 23.3. The first-order valence-electron chi connectivity index (χ1n) is 8.17. The van der Waals surface area contributed by atoms with E-state index in [1.54, 1.807) is 0 Å². The number of carbonyl (C=O) groups excluding carboxylic acids is 1. The Kier molecular flexibility index (Phi) is 4.19. The lowest BCUT2D eigenvalue weighted by molar-refractivity contribution is -0.144. The fourth-order valence-corrected chi connectivity index (χ4v) is 3.51. The van der Waals surface area contributed by atoms with Gasteiger partial charge in [0.1, 0.15) is 0 Å². The Bertz CT molecular complexity index is 543. The number of carbonyl (C=O) groups is 2. The highest BCUT2D eigenvalue weighted by Gasteiger charge is 2.44. The second-order valence-electron chi connectivity index (χ2n) is 6.75. The van der Waals surface area contributed by atoms with Crippen LogP contribution in [0.3, 0.4) is 0 Å². The normalized spacial score (nSPS) is 26.2. The van der Waals surface area contributed by atoms with Crippen LogP contribution in [0.5, 0.6) is 0 Å². The maximum atomic E-state index is 12.3. The van der Waals surface area contributed by atoms with E-state index >= 15 is 0 Å². The Morgan fingerprint density at radius 1 is 1.05 bits per heavy atom. The van der Waals surface area contributed by atoms with Gasteiger partial charge in [0.15, 0.2) is 0 Å². The lowest BCUT2D eigenvalue weighted by Crippen LogP contribution is -2.38. The summed E-state index contributed by atoms with van der Waals surface area (Å²) >= 11 is 0. The molecule has 2 saturated carbocycles. The molecule has 2 aliphatic carbocycles. The van der Waals surface area contributed by atoms with Crippen molar-refractivity contribution in [2.75, 3.05) is 6.54 Å². The molecule has 1 aromatic carbocycles. The quantitative estimate of drug-likeness (QED) is 0.879. The van der Waals surface area contributed by atoms with Crippen LogP contribution in [-0.2, 0) is 15.0 Å². The average molecular weight is 301 g/mol. The molecule has 4 heteroatoms. The molecule has 2 N–H and O–H groups in total. The maximum Gasteiger partial charge on any atom is 0.306 e. The van der Waals surface area contributed by atoms with E-state index in [-0.39, 0.29) is 23.2 Å². The molecule has 0 spiro atoms. The smallest absolute Gasteiger partial charge is 0.306 e. The lowest BCUT2D eigenvalue weighted by atomic mass is 9.81. The summed E-state index contributed by atoms with van der Waals surface area (Å²) in [7, 11) is 0. The fourth-order valence-electron chi connectivity index (χ4n) is 3.51. The van der Waals surface area contributed by atoms with Crippen molar-refractivity contribution in [2.45, 2.75) is 43.9 Å². The molecule has 0 radical (unpaired) electrons. The van der Waals surface area contributed by atoms with Gasteiger partial charge in [-0.1, -0.05) is 30.3 Å². The summed E-state index contributed by atoms with van der Waals surface area (Å²) in [6.07, 6.45) is 4.89. The Hall–Kier alpha value is -1.84. The van der Waals surface area contributed by atoms with Crippen molar-refractivity contribution in [1.29, 1.82) is 0 Å². The Morgan fingerprint density at radius 3 is 2.18 bits per heavy atom. The van der Waals surface area contributed by atoms with Crippen molar-refractivity contribution < 1.29 is 14.7 Å². The van der Waals surface area contributed by atoms with Crippen LogP contribution in [0, 0.1) is 11.8 Å². The number of carboxylic acids is 1. The molecule has 1 aromatic rings. The summed E-state index contributed by atoms with van der Waals surface area (Å²) < 4.78 is 0. The van der Waals surface area contributed by atoms with Crippen molar-refractivity contribution in [1.82, 2.24) is 5.32 Å². The van der Waals surface area contributed by atoms with Crippen LogP contribution in [0.2, 0.25) is 0 Å². The predicted octanol–water partition coefficient (Wildman–Crippen LogP) is 2.73. The molecule has 0 aromatic heterocycles. The minimum atomic E-state index is -0.722. The van der Waals surface area contributed by atoms with Crippen molar-refractivity contribution >= 4 is 11.9 Å². The third-order valence-corrected chi connectivity index (χ3v) is 5.29. The van der Waals surface area contributed by atoms with Gasteiger partial charge in [0, 0.05) is 17.9 Å². The number of hydrogen-bond acceptors (Lipinski definition) is 2. The second-order valence-corrected chi connectivity index (χ2v) is 6.75. The number of hydrogen-bond donors (Lipinski definition) is 2. The summed E-state index contributed by atoms with van der Waals surface area (Å²) in [5, 5.41) is 12.1. The van der Waals surface area contributed by atoms with Gasteiger partial charge in [-0.15, -0.1) is 0 Å². The minimum Gasteiger partial charge on any atom is -0.481 e. The highest BCUT2D eigenvalue weighted by molar-refractivity contribution is 5.79. The third-order valence-electron chi connectivity index (χ3n) is 5.29. The van der Waals surface area contributed by atoms with E-state index in [0.717, 1.165) is 12.8 Å². The van der Waals surface area contributed by atoms with Gasteiger partial charge in [-0.25, -0.2) is 0 Å². The second kappa shape index (κ2) is 6.11. The first-order chi connectivity index (χ1) is 10.6. The van der Waals surface area contributed by atoms with Crippen LogP contribution >= 0.6 is 0 Å². The van der Waals surface area contributed by atoms with E-state index in [1.165, 1.54) is 5.56 Å². The Balaban J connectivity index is 1.50. The summed E-state index contributed by atoms with van der Waals surface area (Å²) in [6, 6.07) is 10.4. The third kappa shape index (κ3) is 3.16.